The molecule has 0 spiro atoms. The second-order valence-electron chi connectivity index (χ2n) is 4.62. The van der Waals surface area contributed by atoms with Gasteiger partial charge in [0.15, 0.2) is 5.03 Å². The standard InChI is InChI=1S/C11H20N4O2S/c1-3-14-8-11(13-9-14)18(16,17)15-5-4-10(7-15)6-12-2/h8-10,12H,3-7H2,1-2H3. The molecule has 1 aromatic rings. The van der Waals surface area contributed by atoms with Crippen molar-refractivity contribution < 1.29 is 8.42 Å². The van der Waals surface area contributed by atoms with Crippen LogP contribution in [0, 0.1) is 5.92 Å². The van der Waals surface area contributed by atoms with Crippen LogP contribution in [-0.4, -0.2) is 49.0 Å². The van der Waals surface area contributed by atoms with Crippen LogP contribution < -0.4 is 5.32 Å². The second kappa shape index (κ2) is 5.38. The topological polar surface area (TPSA) is 67.2 Å². The Morgan fingerprint density at radius 1 is 1.56 bits per heavy atom. The smallest absolute Gasteiger partial charge is 0.262 e. The van der Waals surface area contributed by atoms with Gasteiger partial charge in [0, 0.05) is 25.8 Å². The lowest BCUT2D eigenvalue weighted by Gasteiger charge is -2.14. The highest BCUT2D eigenvalue weighted by molar-refractivity contribution is 7.89. The molecule has 1 N–H and O–H groups in total. The Bertz CT molecular complexity index is 497. The van der Waals surface area contributed by atoms with E-state index < -0.39 is 10.0 Å². The molecule has 6 nitrogen and oxygen atoms in total. The lowest BCUT2D eigenvalue weighted by molar-refractivity contribution is 0.449. The van der Waals surface area contributed by atoms with E-state index in [1.54, 1.807) is 17.1 Å². The third-order valence-corrected chi connectivity index (χ3v) is 5.07. The quantitative estimate of drug-likeness (QED) is 0.827. The molecule has 7 heteroatoms. The third kappa shape index (κ3) is 2.57. The van der Waals surface area contributed by atoms with Crippen LogP contribution in [0.5, 0.6) is 0 Å². The van der Waals surface area contributed by atoms with E-state index in [-0.39, 0.29) is 5.03 Å². The van der Waals surface area contributed by atoms with Gasteiger partial charge in [-0.3, -0.25) is 0 Å². The third-order valence-electron chi connectivity index (χ3n) is 3.32. The number of aromatic nitrogens is 2. The Morgan fingerprint density at radius 3 is 2.94 bits per heavy atom. The van der Waals surface area contributed by atoms with Crippen LogP contribution in [0.4, 0.5) is 0 Å². The first-order valence-electron chi connectivity index (χ1n) is 6.24. The van der Waals surface area contributed by atoms with Crippen molar-refractivity contribution in [3.63, 3.8) is 0 Å². The van der Waals surface area contributed by atoms with Crippen LogP contribution in [0.3, 0.4) is 0 Å². The van der Waals surface area contributed by atoms with Gasteiger partial charge in [0.1, 0.15) is 0 Å². The van der Waals surface area contributed by atoms with Gasteiger partial charge in [-0.25, -0.2) is 13.4 Å². The van der Waals surface area contributed by atoms with Gasteiger partial charge in [-0.1, -0.05) is 0 Å². The van der Waals surface area contributed by atoms with E-state index in [1.807, 2.05) is 14.0 Å². The summed E-state index contributed by atoms with van der Waals surface area (Å²) >= 11 is 0. The average Bonchev–Trinajstić information content (AvgIpc) is 2.98. The molecule has 18 heavy (non-hydrogen) atoms. The predicted octanol–water partition coefficient (Wildman–Crippen LogP) is 0.133. The summed E-state index contributed by atoms with van der Waals surface area (Å²) in [4.78, 5) is 3.99. The average molecular weight is 272 g/mol. The Balaban J connectivity index is 2.12. The van der Waals surface area contributed by atoms with E-state index in [4.69, 9.17) is 0 Å². The molecule has 1 fully saturated rings. The first kappa shape index (κ1) is 13.5. The van der Waals surface area contributed by atoms with Crippen LogP contribution in [-0.2, 0) is 16.6 Å². The molecule has 1 aliphatic rings. The highest BCUT2D eigenvalue weighted by atomic mass is 32.2. The number of sulfonamides is 1. The number of nitrogens with one attached hydrogen (secondary N) is 1. The SMILES string of the molecule is CCn1cnc(S(=O)(=O)N2CCC(CNC)C2)c1. The molecular weight excluding hydrogens is 252 g/mol. The molecule has 0 radical (unpaired) electrons. The number of hydrogen-bond acceptors (Lipinski definition) is 4. The molecule has 1 aliphatic heterocycles. The maximum Gasteiger partial charge on any atom is 0.262 e. The van der Waals surface area contributed by atoms with Crippen LogP contribution >= 0.6 is 0 Å². The van der Waals surface area contributed by atoms with Crippen molar-refractivity contribution in [2.45, 2.75) is 24.9 Å². The van der Waals surface area contributed by atoms with Crippen molar-refractivity contribution in [1.82, 2.24) is 19.2 Å². The lowest BCUT2D eigenvalue weighted by atomic mass is 10.1. The van der Waals surface area contributed by atoms with Crippen molar-refractivity contribution in [1.29, 1.82) is 0 Å². The van der Waals surface area contributed by atoms with Crippen LogP contribution in [0.15, 0.2) is 17.6 Å². The highest BCUT2D eigenvalue weighted by Gasteiger charge is 2.33. The van der Waals surface area contributed by atoms with Crippen LogP contribution in [0.25, 0.3) is 0 Å². The van der Waals surface area contributed by atoms with Crippen molar-refractivity contribution >= 4 is 10.0 Å². The van der Waals surface area contributed by atoms with Gasteiger partial charge in [0.05, 0.1) is 6.33 Å². The summed E-state index contributed by atoms with van der Waals surface area (Å²) in [5.41, 5.74) is 0. The number of nitrogens with zero attached hydrogens (tertiary/aromatic N) is 3. The summed E-state index contributed by atoms with van der Waals surface area (Å²) in [6.45, 7) is 4.72. The van der Waals surface area contributed by atoms with Gasteiger partial charge < -0.3 is 9.88 Å². The van der Waals surface area contributed by atoms with Gasteiger partial charge in [0.2, 0.25) is 0 Å². The first-order chi connectivity index (χ1) is 8.57. The molecule has 102 valence electrons. The van der Waals surface area contributed by atoms with Gasteiger partial charge in [-0.15, -0.1) is 0 Å². The molecule has 0 amide bonds. The Hall–Kier alpha value is -0.920. The molecule has 2 rings (SSSR count). The summed E-state index contributed by atoms with van der Waals surface area (Å²) in [5.74, 6) is 0.401. The van der Waals surface area contributed by atoms with E-state index in [0.717, 1.165) is 19.5 Å². The molecule has 1 saturated heterocycles. The fourth-order valence-electron chi connectivity index (χ4n) is 2.25. The van der Waals surface area contributed by atoms with Gasteiger partial charge in [-0.05, 0) is 32.9 Å². The minimum atomic E-state index is -3.41. The maximum atomic E-state index is 12.3. The Morgan fingerprint density at radius 2 is 2.33 bits per heavy atom. The number of rotatable bonds is 5. The van der Waals surface area contributed by atoms with E-state index in [1.165, 1.54) is 4.31 Å². The molecular formula is C11H20N4O2S. The van der Waals surface area contributed by atoms with E-state index in [0.29, 0.717) is 19.0 Å². The zero-order valence-electron chi connectivity index (χ0n) is 10.8. The van der Waals surface area contributed by atoms with E-state index >= 15 is 0 Å². The molecule has 0 aromatic carbocycles. The van der Waals surface area contributed by atoms with Gasteiger partial charge >= 0.3 is 0 Å². The first-order valence-corrected chi connectivity index (χ1v) is 7.68. The number of hydrogen-bond donors (Lipinski definition) is 1. The van der Waals surface area contributed by atoms with Crippen molar-refractivity contribution in [3.05, 3.63) is 12.5 Å². The molecule has 1 aromatic heterocycles. The zero-order valence-corrected chi connectivity index (χ0v) is 11.7. The summed E-state index contributed by atoms with van der Waals surface area (Å²) in [6, 6.07) is 0. The van der Waals surface area contributed by atoms with Gasteiger partial charge in [-0.2, -0.15) is 4.31 Å². The number of imidazole rings is 1. The minimum absolute atomic E-state index is 0.162. The normalized spacial score (nSPS) is 21.6. The monoisotopic (exact) mass is 272 g/mol. The fraction of sp³-hybridized carbons (Fsp3) is 0.727. The summed E-state index contributed by atoms with van der Waals surface area (Å²) in [5, 5.41) is 3.25. The minimum Gasteiger partial charge on any atom is -0.336 e. The molecule has 0 saturated carbocycles. The highest BCUT2D eigenvalue weighted by Crippen LogP contribution is 2.22. The maximum absolute atomic E-state index is 12.3. The predicted molar refractivity (Wildman–Crippen MR) is 68.7 cm³/mol. The van der Waals surface area contributed by atoms with Gasteiger partial charge in [0.25, 0.3) is 10.0 Å². The van der Waals surface area contributed by atoms with E-state index in [2.05, 4.69) is 10.3 Å². The Labute approximate surface area is 108 Å². The summed E-state index contributed by atoms with van der Waals surface area (Å²) in [6.07, 6.45) is 4.07. The molecule has 1 unspecified atom stereocenters. The van der Waals surface area contributed by atoms with Crippen molar-refractivity contribution in [3.8, 4) is 0 Å². The summed E-state index contributed by atoms with van der Waals surface area (Å²) < 4.78 is 28.0. The molecule has 0 aliphatic carbocycles. The number of aryl methyl sites for hydroxylation is 1. The fourth-order valence-corrected chi connectivity index (χ4v) is 3.72. The van der Waals surface area contributed by atoms with Crippen molar-refractivity contribution in [2.75, 3.05) is 26.7 Å². The summed E-state index contributed by atoms with van der Waals surface area (Å²) in [7, 11) is -1.52. The van der Waals surface area contributed by atoms with E-state index in [9.17, 15) is 8.42 Å². The molecule has 1 atom stereocenters. The lowest BCUT2D eigenvalue weighted by Crippen LogP contribution is -2.30. The van der Waals surface area contributed by atoms with Crippen LogP contribution in [0.2, 0.25) is 0 Å². The van der Waals surface area contributed by atoms with Crippen molar-refractivity contribution in [2.24, 2.45) is 5.92 Å². The second-order valence-corrected chi connectivity index (χ2v) is 6.50. The molecule has 0 bridgehead atoms. The Kier molecular flexibility index (Phi) is 4.04. The molecule has 2 heterocycles. The van der Waals surface area contributed by atoms with Crippen LogP contribution in [0.1, 0.15) is 13.3 Å². The largest absolute Gasteiger partial charge is 0.336 e. The zero-order chi connectivity index (χ0) is 13.2.